The van der Waals surface area contributed by atoms with Crippen molar-refractivity contribution in [1.82, 2.24) is 14.9 Å². The lowest BCUT2D eigenvalue weighted by Crippen LogP contribution is -2.32. The van der Waals surface area contributed by atoms with Gasteiger partial charge in [0.2, 0.25) is 0 Å². The molecule has 6 nitrogen and oxygen atoms in total. The van der Waals surface area contributed by atoms with Gasteiger partial charge in [0.25, 0.3) is 10.0 Å². The summed E-state index contributed by atoms with van der Waals surface area (Å²) in [6.45, 7) is 2.22. The van der Waals surface area contributed by atoms with E-state index >= 15 is 0 Å². The van der Waals surface area contributed by atoms with Crippen molar-refractivity contribution in [2.75, 3.05) is 27.2 Å². The Hall–Kier alpha value is -1.12. The highest BCUT2D eigenvalue weighted by molar-refractivity contribution is 7.91. The monoisotopic (exact) mass is 288 g/mol. The van der Waals surface area contributed by atoms with E-state index in [2.05, 4.69) is 15.6 Å². The molecule has 18 heavy (non-hydrogen) atoms. The molecule has 0 atom stereocenters. The topological polar surface area (TPSA) is 73.8 Å². The van der Waals surface area contributed by atoms with Gasteiger partial charge in [-0.1, -0.05) is 0 Å². The lowest BCUT2D eigenvalue weighted by atomic mass is 10.5. The molecule has 2 rings (SSSR count). The highest BCUT2D eigenvalue weighted by atomic mass is 32.2. The van der Waals surface area contributed by atoms with Gasteiger partial charge in [-0.2, -0.15) is 0 Å². The molecule has 2 N–H and O–H groups in total. The molecule has 0 aliphatic carbocycles. The fraction of sp³-hybridized carbons (Fsp3) is 0.500. The SMILES string of the molecule is CN(C)S(=O)(=O)c1ccc(CNC2=NCCN2)s1. The maximum Gasteiger partial charge on any atom is 0.252 e. The van der Waals surface area contributed by atoms with Gasteiger partial charge < -0.3 is 10.6 Å². The summed E-state index contributed by atoms with van der Waals surface area (Å²) in [7, 11) is -0.251. The molecule has 2 heterocycles. The third-order valence-electron chi connectivity index (χ3n) is 2.48. The van der Waals surface area contributed by atoms with E-state index in [4.69, 9.17) is 0 Å². The third kappa shape index (κ3) is 2.82. The van der Waals surface area contributed by atoms with Crippen molar-refractivity contribution >= 4 is 27.3 Å². The van der Waals surface area contributed by atoms with E-state index in [-0.39, 0.29) is 0 Å². The van der Waals surface area contributed by atoms with Gasteiger partial charge in [0.05, 0.1) is 13.1 Å². The first-order valence-electron chi connectivity index (χ1n) is 5.53. The Labute approximate surface area is 111 Å². The number of hydrogen-bond donors (Lipinski definition) is 2. The van der Waals surface area contributed by atoms with Crippen molar-refractivity contribution < 1.29 is 8.42 Å². The van der Waals surface area contributed by atoms with E-state index in [0.717, 1.165) is 23.9 Å². The molecule has 1 aliphatic heterocycles. The molecule has 0 spiro atoms. The van der Waals surface area contributed by atoms with Gasteiger partial charge in [0.15, 0.2) is 5.96 Å². The van der Waals surface area contributed by atoms with Crippen LogP contribution in [0, 0.1) is 0 Å². The Bertz CT molecular complexity index is 548. The number of nitrogens with zero attached hydrogens (tertiary/aromatic N) is 2. The predicted octanol–water partition coefficient (Wildman–Crippen LogP) is 0.0472. The van der Waals surface area contributed by atoms with Gasteiger partial charge in [0, 0.05) is 25.5 Å². The number of thiophene rings is 1. The molecule has 0 radical (unpaired) electrons. The van der Waals surface area contributed by atoms with Crippen molar-refractivity contribution in [1.29, 1.82) is 0 Å². The number of hydrogen-bond acceptors (Lipinski definition) is 6. The molecular formula is C10H16N4O2S2. The summed E-state index contributed by atoms with van der Waals surface area (Å²) in [5, 5.41) is 6.23. The van der Waals surface area contributed by atoms with Crippen LogP contribution in [0.5, 0.6) is 0 Å². The average Bonchev–Trinajstić information content (AvgIpc) is 2.97. The average molecular weight is 288 g/mol. The van der Waals surface area contributed by atoms with E-state index < -0.39 is 10.0 Å². The Morgan fingerprint density at radius 2 is 2.28 bits per heavy atom. The lowest BCUT2D eigenvalue weighted by molar-refractivity contribution is 0.523. The second-order valence-electron chi connectivity index (χ2n) is 4.02. The van der Waals surface area contributed by atoms with Crippen molar-refractivity contribution in [3.63, 3.8) is 0 Å². The molecule has 0 unspecified atom stereocenters. The highest BCUT2D eigenvalue weighted by Crippen LogP contribution is 2.23. The van der Waals surface area contributed by atoms with Crippen LogP contribution in [0.3, 0.4) is 0 Å². The molecule has 0 amide bonds. The standard InChI is InChI=1S/C10H16N4O2S2/c1-14(2)18(15,16)9-4-3-8(17-9)7-13-10-11-5-6-12-10/h3-4H,5-7H2,1-2H3,(H2,11,12,13). The molecule has 100 valence electrons. The number of guanidine groups is 1. The predicted molar refractivity (Wildman–Crippen MR) is 72.3 cm³/mol. The molecule has 1 aromatic rings. The van der Waals surface area contributed by atoms with E-state index in [9.17, 15) is 8.42 Å². The second kappa shape index (κ2) is 5.25. The maximum atomic E-state index is 11.9. The summed E-state index contributed by atoms with van der Waals surface area (Å²) < 4.78 is 25.4. The van der Waals surface area contributed by atoms with Crippen LogP contribution < -0.4 is 10.6 Å². The van der Waals surface area contributed by atoms with Gasteiger partial charge in [-0.25, -0.2) is 12.7 Å². The first kappa shape index (κ1) is 13.3. The van der Waals surface area contributed by atoms with Crippen LogP contribution in [0.1, 0.15) is 4.88 Å². The molecule has 0 fully saturated rings. The Kier molecular flexibility index (Phi) is 3.88. The smallest absolute Gasteiger partial charge is 0.252 e. The van der Waals surface area contributed by atoms with Gasteiger partial charge in [-0.3, -0.25) is 4.99 Å². The fourth-order valence-electron chi connectivity index (χ4n) is 1.46. The zero-order valence-corrected chi connectivity index (χ0v) is 11.9. The molecule has 8 heteroatoms. The van der Waals surface area contributed by atoms with Gasteiger partial charge in [-0.05, 0) is 12.1 Å². The molecule has 0 saturated carbocycles. The first-order valence-corrected chi connectivity index (χ1v) is 7.79. The van der Waals surface area contributed by atoms with Crippen LogP contribution in [0.4, 0.5) is 0 Å². The van der Waals surface area contributed by atoms with Crippen molar-refractivity contribution in [2.45, 2.75) is 10.8 Å². The van der Waals surface area contributed by atoms with Gasteiger partial charge in [0.1, 0.15) is 4.21 Å². The Morgan fingerprint density at radius 1 is 1.50 bits per heavy atom. The minimum absolute atomic E-state index is 0.366. The van der Waals surface area contributed by atoms with E-state index in [1.807, 2.05) is 6.07 Å². The molecule has 0 bridgehead atoms. The summed E-state index contributed by atoms with van der Waals surface area (Å²) in [6.07, 6.45) is 0. The summed E-state index contributed by atoms with van der Waals surface area (Å²) in [5.74, 6) is 0.778. The largest absolute Gasteiger partial charge is 0.355 e. The quantitative estimate of drug-likeness (QED) is 0.821. The first-order chi connectivity index (χ1) is 8.50. The fourth-order valence-corrected chi connectivity index (χ4v) is 3.92. The normalized spacial score (nSPS) is 15.6. The molecule has 1 aliphatic rings. The molecule has 1 aromatic heterocycles. The molecule has 0 aromatic carbocycles. The summed E-state index contributed by atoms with van der Waals surface area (Å²) in [6, 6.07) is 3.46. The highest BCUT2D eigenvalue weighted by Gasteiger charge is 2.19. The molecule has 0 saturated heterocycles. The van der Waals surface area contributed by atoms with Crippen molar-refractivity contribution in [3.8, 4) is 0 Å². The van der Waals surface area contributed by atoms with Gasteiger partial charge >= 0.3 is 0 Å². The number of aliphatic imine (C=N–C) groups is 1. The van der Waals surface area contributed by atoms with Crippen LogP contribution in [-0.4, -0.2) is 45.9 Å². The van der Waals surface area contributed by atoms with Crippen LogP contribution in [-0.2, 0) is 16.6 Å². The van der Waals surface area contributed by atoms with Gasteiger partial charge in [-0.15, -0.1) is 11.3 Å². The minimum atomic E-state index is -3.32. The zero-order chi connectivity index (χ0) is 13.2. The summed E-state index contributed by atoms with van der Waals surface area (Å²) in [4.78, 5) is 5.17. The van der Waals surface area contributed by atoms with E-state index in [1.54, 1.807) is 6.07 Å². The van der Waals surface area contributed by atoms with Crippen LogP contribution in [0.2, 0.25) is 0 Å². The Balaban J connectivity index is 2.02. The minimum Gasteiger partial charge on any atom is -0.355 e. The van der Waals surface area contributed by atoms with Crippen molar-refractivity contribution in [3.05, 3.63) is 17.0 Å². The molecular weight excluding hydrogens is 272 g/mol. The number of sulfonamides is 1. The Morgan fingerprint density at radius 3 is 2.89 bits per heavy atom. The van der Waals surface area contributed by atoms with Crippen LogP contribution in [0.15, 0.2) is 21.3 Å². The number of rotatable bonds is 4. The van der Waals surface area contributed by atoms with E-state index in [1.165, 1.54) is 29.7 Å². The van der Waals surface area contributed by atoms with Crippen LogP contribution >= 0.6 is 11.3 Å². The summed E-state index contributed by atoms with van der Waals surface area (Å²) in [5.41, 5.74) is 0. The van der Waals surface area contributed by atoms with Crippen molar-refractivity contribution in [2.24, 2.45) is 4.99 Å². The van der Waals surface area contributed by atoms with E-state index in [0.29, 0.717) is 10.8 Å². The summed E-state index contributed by atoms with van der Waals surface area (Å²) >= 11 is 1.28. The number of nitrogens with one attached hydrogen (secondary N) is 2. The third-order valence-corrected chi connectivity index (χ3v) is 5.84. The maximum absolute atomic E-state index is 11.9. The zero-order valence-electron chi connectivity index (χ0n) is 10.3. The lowest BCUT2D eigenvalue weighted by Gasteiger charge is -2.08. The van der Waals surface area contributed by atoms with Crippen LogP contribution in [0.25, 0.3) is 0 Å². The second-order valence-corrected chi connectivity index (χ2v) is 7.57.